The quantitative estimate of drug-likeness (QED) is 0.943. The predicted molar refractivity (Wildman–Crippen MR) is 87.3 cm³/mol. The lowest BCUT2D eigenvalue weighted by Gasteiger charge is -2.17. The zero-order valence-corrected chi connectivity index (χ0v) is 14.2. The number of hydrogen-bond donors (Lipinski definition) is 1. The molecule has 0 unspecified atom stereocenters. The highest BCUT2D eigenvalue weighted by atomic mass is 15.3. The minimum Gasteiger partial charge on any atom is -0.383 e. The van der Waals surface area contributed by atoms with Crippen LogP contribution in [0.2, 0.25) is 0 Å². The summed E-state index contributed by atoms with van der Waals surface area (Å²) in [6, 6.07) is 0.302. The number of nitrogens with zero attached hydrogens (tertiary/aromatic N) is 4. The molecular formula is C16H27N5. The highest BCUT2D eigenvalue weighted by molar-refractivity contribution is 5.73. The van der Waals surface area contributed by atoms with Crippen LogP contribution in [-0.2, 0) is 18.9 Å². The number of anilines is 1. The Labute approximate surface area is 127 Å². The molecule has 0 aromatic carbocycles. The first-order valence-electron chi connectivity index (χ1n) is 7.57. The van der Waals surface area contributed by atoms with Crippen molar-refractivity contribution in [1.82, 2.24) is 19.3 Å². The lowest BCUT2D eigenvalue weighted by Crippen LogP contribution is -2.14. The van der Waals surface area contributed by atoms with Crippen molar-refractivity contribution in [3.8, 4) is 11.3 Å². The van der Waals surface area contributed by atoms with E-state index in [-0.39, 0.29) is 5.41 Å². The van der Waals surface area contributed by atoms with E-state index in [1.54, 1.807) is 0 Å². The predicted octanol–water partition coefficient (Wildman–Crippen LogP) is 3.31. The average Bonchev–Trinajstić information content (AvgIpc) is 2.88. The first kappa shape index (κ1) is 15.6. The fraction of sp³-hybridized carbons (Fsp3) is 0.625. The summed E-state index contributed by atoms with van der Waals surface area (Å²) < 4.78 is 3.96. The molecule has 2 rings (SSSR count). The van der Waals surface area contributed by atoms with Gasteiger partial charge in [0.15, 0.2) is 0 Å². The van der Waals surface area contributed by atoms with Crippen molar-refractivity contribution in [2.75, 3.05) is 5.73 Å². The summed E-state index contributed by atoms with van der Waals surface area (Å²) in [7, 11) is 1.94. The van der Waals surface area contributed by atoms with Gasteiger partial charge in [0.05, 0.1) is 5.69 Å². The molecule has 116 valence electrons. The summed E-state index contributed by atoms with van der Waals surface area (Å²) in [5.74, 6) is 1.77. The highest BCUT2D eigenvalue weighted by Gasteiger charge is 2.27. The Morgan fingerprint density at radius 1 is 1.29 bits per heavy atom. The summed E-state index contributed by atoms with van der Waals surface area (Å²) in [4.78, 5) is 4.79. The van der Waals surface area contributed by atoms with Crippen molar-refractivity contribution in [1.29, 1.82) is 0 Å². The lowest BCUT2D eigenvalue weighted by molar-refractivity contribution is 0.554. The Bertz CT molecular complexity index is 640. The van der Waals surface area contributed by atoms with Crippen LogP contribution in [0, 0.1) is 0 Å². The molecule has 2 N–H and O–H groups in total. The Kier molecular flexibility index (Phi) is 3.87. The maximum atomic E-state index is 6.40. The van der Waals surface area contributed by atoms with Crippen LogP contribution in [0.5, 0.6) is 0 Å². The van der Waals surface area contributed by atoms with E-state index in [4.69, 9.17) is 10.7 Å². The van der Waals surface area contributed by atoms with Crippen molar-refractivity contribution in [2.24, 2.45) is 7.05 Å². The smallest absolute Gasteiger partial charge is 0.132 e. The van der Waals surface area contributed by atoms with Crippen LogP contribution < -0.4 is 5.73 Å². The molecule has 0 bridgehead atoms. The van der Waals surface area contributed by atoms with Crippen molar-refractivity contribution < 1.29 is 0 Å². The van der Waals surface area contributed by atoms with E-state index in [0.29, 0.717) is 6.04 Å². The molecule has 21 heavy (non-hydrogen) atoms. The number of nitrogens with two attached hydrogens (primary N) is 1. The second-order valence-electron chi connectivity index (χ2n) is 6.89. The minimum atomic E-state index is -0.0446. The van der Waals surface area contributed by atoms with E-state index in [2.05, 4.69) is 51.2 Å². The van der Waals surface area contributed by atoms with Gasteiger partial charge in [-0.1, -0.05) is 27.7 Å². The Morgan fingerprint density at radius 2 is 1.90 bits per heavy atom. The van der Waals surface area contributed by atoms with Crippen LogP contribution >= 0.6 is 0 Å². The standard InChI is InChI=1S/C16H27N5/c1-8-12-18-13(15(17)21(12)10(2)3)11-9-20(7)19-14(11)16(4,5)6/h9-10H,8,17H2,1-7H3. The van der Waals surface area contributed by atoms with Gasteiger partial charge in [-0.15, -0.1) is 0 Å². The molecule has 0 aliphatic carbocycles. The lowest BCUT2D eigenvalue weighted by atomic mass is 9.89. The fourth-order valence-corrected chi connectivity index (χ4v) is 2.73. The monoisotopic (exact) mass is 289 g/mol. The van der Waals surface area contributed by atoms with Crippen LogP contribution in [0.4, 0.5) is 5.82 Å². The molecule has 0 aliphatic heterocycles. The number of hydrogen-bond acceptors (Lipinski definition) is 3. The van der Waals surface area contributed by atoms with Crippen LogP contribution in [0.3, 0.4) is 0 Å². The van der Waals surface area contributed by atoms with E-state index >= 15 is 0 Å². The molecule has 0 saturated carbocycles. The zero-order valence-electron chi connectivity index (χ0n) is 14.2. The summed E-state index contributed by atoms with van der Waals surface area (Å²) in [6.45, 7) is 12.9. The third-order valence-electron chi connectivity index (χ3n) is 3.65. The van der Waals surface area contributed by atoms with E-state index in [0.717, 1.165) is 35.0 Å². The number of imidazole rings is 1. The van der Waals surface area contributed by atoms with Crippen molar-refractivity contribution in [3.63, 3.8) is 0 Å². The molecule has 0 radical (unpaired) electrons. The second kappa shape index (κ2) is 5.20. The molecule has 0 aliphatic rings. The van der Waals surface area contributed by atoms with E-state index < -0.39 is 0 Å². The maximum absolute atomic E-state index is 6.40. The molecular weight excluding hydrogens is 262 g/mol. The van der Waals surface area contributed by atoms with Gasteiger partial charge in [-0.25, -0.2) is 4.98 Å². The summed E-state index contributed by atoms with van der Waals surface area (Å²) in [6.07, 6.45) is 2.89. The number of aromatic nitrogens is 4. The van der Waals surface area contributed by atoms with Crippen LogP contribution in [0.15, 0.2) is 6.20 Å². The Morgan fingerprint density at radius 3 is 2.33 bits per heavy atom. The largest absolute Gasteiger partial charge is 0.383 e. The second-order valence-corrected chi connectivity index (χ2v) is 6.89. The number of rotatable bonds is 3. The van der Waals surface area contributed by atoms with Gasteiger partial charge in [0.2, 0.25) is 0 Å². The highest BCUT2D eigenvalue weighted by Crippen LogP contribution is 2.35. The third kappa shape index (κ3) is 2.69. The molecule has 2 heterocycles. The zero-order chi connectivity index (χ0) is 15.9. The Balaban J connectivity index is 2.69. The van der Waals surface area contributed by atoms with Crippen molar-refractivity contribution in [2.45, 2.75) is 59.4 Å². The summed E-state index contributed by atoms with van der Waals surface area (Å²) in [5, 5.41) is 4.62. The van der Waals surface area contributed by atoms with E-state index in [1.807, 2.05) is 17.9 Å². The topological polar surface area (TPSA) is 61.7 Å². The van der Waals surface area contributed by atoms with E-state index in [1.165, 1.54) is 0 Å². The first-order chi connectivity index (χ1) is 9.66. The third-order valence-corrected chi connectivity index (χ3v) is 3.65. The summed E-state index contributed by atoms with van der Waals surface area (Å²) >= 11 is 0. The minimum absolute atomic E-state index is 0.0446. The van der Waals surface area contributed by atoms with Crippen LogP contribution in [0.25, 0.3) is 11.3 Å². The maximum Gasteiger partial charge on any atom is 0.132 e. The first-order valence-corrected chi connectivity index (χ1v) is 7.57. The molecule has 0 fully saturated rings. The van der Waals surface area contributed by atoms with Gasteiger partial charge in [-0.3, -0.25) is 4.68 Å². The van der Waals surface area contributed by atoms with Gasteiger partial charge >= 0.3 is 0 Å². The van der Waals surface area contributed by atoms with Crippen molar-refractivity contribution in [3.05, 3.63) is 17.7 Å². The Hall–Kier alpha value is -1.78. The van der Waals surface area contributed by atoms with Gasteiger partial charge in [0, 0.05) is 36.7 Å². The fourth-order valence-electron chi connectivity index (χ4n) is 2.73. The normalized spacial score (nSPS) is 12.4. The number of nitrogen functional groups attached to an aromatic ring is 1. The SMILES string of the molecule is CCc1nc(-c2cn(C)nc2C(C)(C)C)c(N)n1C(C)C. The molecule has 0 atom stereocenters. The van der Waals surface area contributed by atoms with Gasteiger partial charge < -0.3 is 10.3 Å². The molecule has 0 saturated heterocycles. The van der Waals surface area contributed by atoms with Gasteiger partial charge in [0.25, 0.3) is 0 Å². The number of aryl methyl sites for hydroxylation is 2. The average molecular weight is 289 g/mol. The van der Waals surface area contributed by atoms with Gasteiger partial charge in [-0.2, -0.15) is 5.10 Å². The van der Waals surface area contributed by atoms with Gasteiger partial charge in [-0.05, 0) is 13.8 Å². The molecule has 0 spiro atoms. The molecule has 5 nitrogen and oxygen atoms in total. The van der Waals surface area contributed by atoms with Crippen LogP contribution in [0.1, 0.15) is 59.1 Å². The summed E-state index contributed by atoms with van der Waals surface area (Å²) in [5.41, 5.74) is 9.29. The van der Waals surface area contributed by atoms with Gasteiger partial charge in [0.1, 0.15) is 17.3 Å². The van der Waals surface area contributed by atoms with Crippen molar-refractivity contribution >= 4 is 5.82 Å². The van der Waals surface area contributed by atoms with E-state index in [9.17, 15) is 0 Å². The molecule has 0 amide bonds. The molecule has 2 aromatic rings. The molecule has 2 aromatic heterocycles. The van der Waals surface area contributed by atoms with Crippen LogP contribution in [-0.4, -0.2) is 19.3 Å². The molecule has 5 heteroatoms.